The first-order valence-corrected chi connectivity index (χ1v) is 7.49. The summed E-state index contributed by atoms with van der Waals surface area (Å²) < 4.78 is 28.1. The van der Waals surface area contributed by atoms with Crippen molar-refractivity contribution in [3.63, 3.8) is 0 Å². The van der Waals surface area contributed by atoms with Gasteiger partial charge in [-0.15, -0.1) is 0 Å². The van der Waals surface area contributed by atoms with Crippen LogP contribution >= 0.6 is 11.6 Å². The van der Waals surface area contributed by atoms with Crippen LogP contribution in [0.3, 0.4) is 0 Å². The van der Waals surface area contributed by atoms with Gasteiger partial charge in [-0.05, 0) is 24.3 Å². The van der Waals surface area contributed by atoms with Gasteiger partial charge in [0.15, 0.2) is 10.9 Å². The standard InChI is InChI=1S/C11H12ClN5O3S/c1-17-10(4-5-14-17)21(19,20)16-9-6-7(12)2-3-8(9)11(13)15-18/h2-6,16,18H,1H3,(H2,13,15). The van der Waals surface area contributed by atoms with Gasteiger partial charge in [-0.3, -0.25) is 9.40 Å². The molecule has 0 aliphatic heterocycles. The van der Waals surface area contributed by atoms with Crippen LogP contribution in [-0.2, 0) is 17.1 Å². The smallest absolute Gasteiger partial charge is 0.279 e. The number of aryl methyl sites for hydroxylation is 1. The summed E-state index contributed by atoms with van der Waals surface area (Å²) in [6.07, 6.45) is 1.36. The van der Waals surface area contributed by atoms with Crippen LogP contribution < -0.4 is 10.5 Å². The quantitative estimate of drug-likeness (QED) is 0.334. The average molecular weight is 330 g/mol. The molecule has 0 unspecified atom stereocenters. The molecule has 0 fully saturated rings. The van der Waals surface area contributed by atoms with Crippen LogP contribution in [0.5, 0.6) is 0 Å². The number of hydrogen-bond acceptors (Lipinski definition) is 5. The predicted molar refractivity (Wildman–Crippen MR) is 78.0 cm³/mol. The fraction of sp³-hybridized carbons (Fsp3) is 0.0909. The number of rotatable bonds is 4. The van der Waals surface area contributed by atoms with Gasteiger partial charge in [0.2, 0.25) is 0 Å². The Morgan fingerprint density at radius 3 is 2.76 bits per heavy atom. The van der Waals surface area contributed by atoms with E-state index in [2.05, 4.69) is 15.0 Å². The molecule has 0 bridgehead atoms. The van der Waals surface area contributed by atoms with Crippen molar-refractivity contribution >= 4 is 33.1 Å². The number of nitrogens with zero attached hydrogens (tertiary/aromatic N) is 3. The summed E-state index contributed by atoms with van der Waals surface area (Å²) in [5, 5.41) is 15.7. The Labute approximate surface area is 125 Å². The van der Waals surface area contributed by atoms with Crippen LogP contribution in [0.2, 0.25) is 5.02 Å². The van der Waals surface area contributed by atoms with E-state index in [1.54, 1.807) is 0 Å². The minimum atomic E-state index is -3.88. The summed E-state index contributed by atoms with van der Waals surface area (Å²) in [7, 11) is -2.39. The summed E-state index contributed by atoms with van der Waals surface area (Å²) in [4.78, 5) is 0. The van der Waals surface area contributed by atoms with Crippen LogP contribution in [0.1, 0.15) is 5.56 Å². The predicted octanol–water partition coefficient (Wildman–Crippen LogP) is 0.969. The van der Waals surface area contributed by atoms with E-state index < -0.39 is 10.0 Å². The van der Waals surface area contributed by atoms with Crippen LogP contribution in [-0.4, -0.2) is 29.2 Å². The maximum absolute atomic E-state index is 12.3. The highest BCUT2D eigenvalue weighted by Gasteiger charge is 2.20. The first-order chi connectivity index (χ1) is 9.85. The first-order valence-electron chi connectivity index (χ1n) is 5.63. The van der Waals surface area contributed by atoms with Crippen molar-refractivity contribution in [3.05, 3.63) is 41.0 Å². The fourth-order valence-corrected chi connectivity index (χ4v) is 3.07. The molecule has 112 valence electrons. The zero-order valence-electron chi connectivity index (χ0n) is 10.9. The number of oxime groups is 1. The second kappa shape index (κ2) is 5.62. The van der Waals surface area contributed by atoms with Crippen LogP contribution in [0.25, 0.3) is 0 Å². The van der Waals surface area contributed by atoms with E-state index in [0.717, 1.165) is 0 Å². The van der Waals surface area contributed by atoms with Gasteiger partial charge in [0.25, 0.3) is 10.0 Å². The van der Waals surface area contributed by atoms with Gasteiger partial charge in [0.1, 0.15) is 0 Å². The molecule has 2 aromatic rings. The molecule has 0 aliphatic carbocycles. The number of amidine groups is 1. The summed E-state index contributed by atoms with van der Waals surface area (Å²) in [5.74, 6) is -0.241. The lowest BCUT2D eigenvalue weighted by Gasteiger charge is -2.12. The Bertz CT molecular complexity index is 800. The van der Waals surface area contributed by atoms with Crippen molar-refractivity contribution in [2.24, 2.45) is 17.9 Å². The Morgan fingerprint density at radius 2 is 2.19 bits per heavy atom. The van der Waals surface area contributed by atoms with Gasteiger partial charge in [-0.25, -0.2) is 0 Å². The zero-order chi connectivity index (χ0) is 15.6. The van der Waals surface area contributed by atoms with E-state index in [9.17, 15) is 8.42 Å². The lowest BCUT2D eigenvalue weighted by atomic mass is 10.1. The summed E-state index contributed by atoms with van der Waals surface area (Å²) >= 11 is 5.85. The van der Waals surface area contributed by atoms with Crippen molar-refractivity contribution < 1.29 is 13.6 Å². The summed E-state index contributed by atoms with van der Waals surface area (Å²) in [6.45, 7) is 0. The number of nitrogens with two attached hydrogens (primary N) is 1. The van der Waals surface area contributed by atoms with E-state index >= 15 is 0 Å². The van der Waals surface area contributed by atoms with E-state index in [1.165, 1.54) is 42.2 Å². The van der Waals surface area contributed by atoms with E-state index in [0.29, 0.717) is 5.02 Å². The molecule has 21 heavy (non-hydrogen) atoms. The molecule has 2 rings (SSSR count). The number of sulfonamides is 1. The number of halogens is 1. The van der Waals surface area contributed by atoms with Crippen molar-refractivity contribution in [2.45, 2.75) is 5.03 Å². The monoisotopic (exact) mass is 329 g/mol. The Hall–Kier alpha value is -2.26. The molecule has 4 N–H and O–H groups in total. The molecule has 0 radical (unpaired) electrons. The Morgan fingerprint density at radius 1 is 1.48 bits per heavy atom. The van der Waals surface area contributed by atoms with Gasteiger partial charge in [0, 0.05) is 17.6 Å². The molecule has 8 nitrogen and oxygen atoms in total. The van der Waals surface area contributed by atoms with Gasteiger partial charge < -0.3 is 10.9 Å². The topological polar surface area (TPSA) is 123 Å². The van der Waals surface area contributed by atoms with Crippen molar-refractivity contribution in [1.82, 2.24) is 9.78 Å². The maximum atomic E-state index is 12.3. The molecule has 0 aliphatic rings. The Balaban J connectivity index is 2.49. The largest absolute Gasteiger partial charge is 0.409 e. The maximum Gasteiger partial charge on any atom is 0.279 e. The second-order valence-electron chi connectivity index (χ2n) is 4.07. The van der Waals surface area contributed by atoms with E-state index in [1.807, 2.05) is 0 Å². The molecule has 0 saturated heterocycles. The van der Waals surface area contributed by atoms with Crippen LogP contribution in [0.4, 0.5) is 5.69 Å². The van der Waals surface area contributed by atoms with Gasteiger partial charge >= 0.3 is 0 Å². The van der Waals surface area contributed by atoms with Crippen molar-refractivity contribution in [3.8, 4) is 0 Å². The lowest BCUT2D eigenvalue weighted by Crippen LogP contribution is -2.21. The molecule has 1 heterocycles. The number of nitrogens with one attached hydrogen (secondary N) is 1. The number of hydrogen-bond donors (Lipinski definition) is 3. The van der Waals surface area contributed by atoms with Gasteiger partial charge in [-0.1, -0.05) is 16.8 Å². The number of anilines is 1. The lowest BCUT2D eigenvalue weighted by molar-refractivity contribution is 0.318. The third-order valence-corrected chi connectivity index (χ3v) is 4.34. The molecule has 0 atom stereocenters. The third-order valence-electron chi connectivity index (χ3n) is 2.66. The number of aromatic nitrogens is 2. The minimum Gasteiger partial charge on any atom is -0.409 e. The SMILES string of the molecule is Cn1nccc1S(=O)(=O)Nc1cc(Cl)ccc1/C(N)=N/O. The highest BCUT2D eigenvalue weighted by molar-refractivity contribution is 7.92. The summed E-state index contributed by atoms with van der Waals surface area (Å²) in [5.41, 5.74) is 5.81. The highest BCUT2D eigenvalue weighted by atomic mass is 35.5. The highest BCUT2D eigenvalue weighted by Crippen LogP contribution is 2.24. The third kappa shape index (κ3) is 3.09. The second-order valence-corrected chi connectivity index (χ2v) is 6.14. The molecule has 0 spiro atoms. The van der Waals surface area contributed by atoms with Crippen LogP contribution in [0.15, 0.2) is 40.6 Å². The summed E-state index contributed by atoms with van der Waals surface area (Å²) in [6, 6.07) is 5.65. The minimum absolute atomic E-state index is 0.0343. The van der Waals surface area contributed by atoms with Crippen molar-refractivity contribution in [2.75, 3.05) is 4.72 Å². The van der Waals surface area contributed by atoms with Crippen LogP contribution in [0, 0.1) is 0 Å². The van der Waals surface area contributed by atoms with Crippen molar-refractivity contribution in [1.29, 1.82) is 0 Å². The molecule has 10 heteroatoms. The molecule has 0 saturated carbocycles. The average Bonchev–Trinajstić information content (AvgIpc) is 2.85. The Kier molecular flexibility index (Phi) is 4.05. The molecular weight excluding hydrogens is 318 g/mol. The van der Waals surface area contributed by atoms with Gasteiger partial charge in [0.05, 0.1) is 11.9 Å². The molecular formula is C11H12ClN5O3S. The first kappa shape index (κ1) is 15.1. The molecule has 0 amide bonds. The normalized spacial score (nSPS) is 12.4. The zero-order valence-corrected chi connectivity index (χ0v) is 12.4. The van der Waals surface area contributed by atoms with E-state index in [4.69, 9.17) is 22.5 Å². The molecule has 1 aromatic carbocycles. The molecule has 1 aromatic heterocycles. The van der Waals surface area contributed by atoms with E-state index in [-0.39, 0.29) is 22.1 Å². The fourth-order valence-electron chi connectivity index (χ4n) is 1.70. The number of benzene rings is 1. The van der Waals surface area contributed by atoms with Gasteiger partial charge in [-0.2, -0.15) is 13.5 Å².